The third kappa shape index (κ3) is 2.91. The lowest BCUT2D eigenvalue weighted by atomic mass is 9.93. The summed E-state index contributed by atoms with van der Waals surface area (Å²) in [4.78, 5) is 13.4. The van der Waals surface area contributed by atoms with Gasteiger partial charge in [-0.3, -0.25) is 4.79 Å². The van der Waals surface area contributed by atoms with Gasteiger partial charge in [0.1, 0.15) is 0 Å². The van der Waals surface area contributed by atoms with Crippen LogP contribution in [-0.2, 0) is 10.0 Å². The molecule has 0 saturated heterocycles. The van der Waals surface area contributed by atoms with Crippen LogP contribution in [0.15, 0.2) is 9.00 Å². The first kappa shape index (κ1) is 14.7. The van der Waals surface area contributed by atoms with Gasteiger partial charge in [-0.2, -0.15) is 4.31 Å². The zero-order chi connectivity index (χ0) is 14.0. The Morgan fingerprint density at radius 3 is 2.58 bits per heavy atom. The zero-order valence-corrected chi connectivity index (χ0v) is 12.4. The van der Waals surface area contributed by atoms with Gasteiger partial charge in [-0.05, 0) is 26.2 Å². The van der Waals surface area contributed by atoms with E-state index in [9.17, 15) is 13.2 Å². The molecule has 0 amide bonds. The van der Waals surface area contributed by atoms with Gasteiger partial charge in [0, 0.05) is 24.9 Å². The first-order chi connectivity index (χ1) is 8.96. The van der Waals surface area contributed by atoms with Crippen molar-refractivity contribution in [1.29, 1.82) is 0 Å². The summed E-state index contributed by atoms with van der Waals surface area (Å²) < 4.78 is 26.7. The van der Waals surface area contributed by atoms with Crippen molar-refractivity contribution < 1.29 is 13.5 Å². The summed E-state index contributed by atoms with van der Waals surface area (Å²) in [6.45, 7) is 1.85. The second-order valence-electron chi connectivity index (χ2n) is 4.70. The van der Waals surface area contributed by atoms with Crippen molar-refractivity contribution in [3.05, 3.63) is 15.4 Å². The number of H-pyrrole nitrogens is 1. The number of aryl methyl sites for hydroxylation is 1. The summed E-state index contributed by atoms with van der Waals surface area (Å²) in [5, 5.41) is 8.91. The predicted octanol–water partition coefficient (Wildman–Crippen LogP) is 0.670. The van der Waals surface area contributed by atoms with Crippen LogP contribution in [0.4, 0.5) is 0 Å². The number of aliphatic hydroxyl groups excluding tert-OH is 1. The summed E-state index contributed by atoms with van der Waals surface area (Å²) in [6, 6.07) is 0.00755. The maximum atomic E-state index is 12.6. The second-order valence-corrected chi connectivity index (χ2v) is 7.77. The van der Waals surface area contributed by atoms with E-state index in [2.05, 4.69) is 4.98 Å². The molecule has 1 fully saturated rings. The molecule has 1 heterocycles. The minimum absolute atomic E-state index is 0.00755. The first-order valence-corrected chi connectivity index (χ1v) is 8.55. The smallest absolute Gasteiger partial charge is 0.305 e. The number of aliphatic hydroxyl groups is 1. The first-order valence-electron chi connectivity index (χ1n) is 6.29. The van der Waals surface area contributed by atoms with E-state index in [1.54, 1.807) is 6.92 Å². The number of nitrogens with zero attached hydrogens (tertiary/aromatic N) is 1. The van der Waals surface area contributed by atoms with Crippen molar-refractivity contribution in [1.82, 2.24) is 9.29 Å². The molecule has 0 atom stereocenters. The van der Waals surface area contributed by atoms with E-state index in [1.807, 2.05) is 0 Å². The molecule has 0 bridgehead atoms. The van der Waals surface area contributed by atoms with Crippen molar-refractivity contribution in [2.45, 2.75) is 42.9 Å². The number of nitrogens with one attached hydrogen (secondary N) is 1. The van der Waals surface area contributed by atoms with Crippen molar-refractivity contribution >= 4 is 21.4 Å². The van der Waals surface area contributed by atoms with Crippen LogP contribution in [0.1, 0.15) is 31.4 Å². The van der Waals surface area contributed by atoms with E-state index in [0.717, 1.165) is 30.6 Å². The predicted molar refractivity (Wildman–Crippen MR) is 72.9 cm³/mol. The Kier molecular flexibility index (Phi) is 4.44. The van der Waals surface area contributed by atoms with Crippen molar-refractivity contribution in [2.75, 3.05) is 13.2 Å². The van der Waals surface area contributed by atoms with Crippen molar-refractivity contribution in [3.63, 3.8) is 0 Å². The molecule has 0 unspecified atom stereocenters. The van der Waals surface area contributed by atoms with E-state index in [-0.39, 0.29) is 21.7 Å². The molecule has 1 saturated carbocycles. The van der Waals surface area contributed by atoms with Crippen molar-refractivity contribution in [3.8, 4) is 0 Å². The highest BCUT2D eigenvalue weighted by Gasteiger charge is 2.36. The number of hydrogen-bond acceptors (Lipinski definition) is 5. The normalized spacial score (nSPS) is 16.8. The molecule has 0 aromatic carbocycles. The van der Waals surface area contributed by atoms with Gasteiger partial charge in [0.15, 0.2) is 4.21 Å². The third-order valence-corrected chi connectivity index (χ3v) is 6.88. The Bertz CT molecular complexity index is 586. The summed E-state index contributed by atoms with van der Waals surface area (Å²) in [6.07, 6.45) is 3.14. The average molecular weight is 306 g/mol. The van der Waals surface area contributed by atoms with Crippen molar-refractivity contribution in [2.24, 2.45) is 0 Å². The largest absolute Gasteiger partial charge is 0.396 e. The number of aromatic amines is 1. The molecule has 2 rings (SSSR count). The fourth-order valence-electron chi connectivity index (χ4n) is 2.14. The Morgan fingerprint density at radius 2 is 2.16 bits per heavy atom. The van der Waals surface area contributed by atoms with Gasteiger partial charge >= 0.3 is 4.87 Å². The van der Waals surface area contributed by atoms with Crippen LogP contribution in [0.25, 0.3) is 0 Å². The molecular formula is C11H18N2O4S2. The van der Waals surface area contributed by atoms with Crippen LogP contribution in [0, 0.1) is 6.92 Å². The Morgan fingerprint density at radius 1 is 1.47 bits per heavy atom. The van der Waals surface area contributed by atoms with Crippen LogP contribution in [0.3, 0.4) is 0 Å². The number of aromatic nitrogens is 1. The monoisotopic (exact) mass is 306 g/mol. The molecule has 1 aliphatic carbocycles. The van der Waals surface area contributed by atoms with Crippen LogP contribution >= 0.6 is 11.3 Å². The van der Waals surface area contributed by atoms with E-state index < -0.39 is 10.0 Å². The van der Waals surface area contributed by atoms with Crippen LogP contribution < -0.4 is 4.87 Å². The molecular weight excluding hydrogens is 288 g/mol. The lowest BCUT2D eigenvalue weighted by Crippen LogP contribution is -2.44. The second kappa shape index (κ2) is 5.74. The maximum absolute atomic E-state index is 12.6. The van der Waals surface area contributed by atoms with Crippen LogP contribution in [0.2, 0.25) is 0 Å². The lowest BCUT2D eigenvalue weighted by Gasteiger charge is -2.36. The van der Waals surface area contributed by atoms with E-state index in [4.69, 9.17) is 5.11 Å². The van der Waals surface area contributed by atoms with Gasteiger partial charge in [0.05, 0.1) is 0 Å². The lowest BCUT2D eigenvalue weighted by molar-refractivity contribution is 0.198. The zero-order valence-electron chi connectivity index (χ0n) is 10.8. The molecule has 0 spiro atoms. The van der Waals surface area contributed by atoms with Crippen LogP contribution in [0.5, 0.6) is 0 Å². The SMILES string of the molecule is Cc1[nH]c(=O)sc1S(=O)(=O)N(CCCO)C1CCC1. The average Bonchev–Trinajstić information content (AvgIpc) is 2.61. The maximum Gasteiger partial charge on any atom is 0.305 e. The Hall–Kier alpha value is -0.700. The molecule has 8 heteroatoms. The molecule has 6 nitrogen and oxygen atoms in total. The molecule has 19 heavy (non-hydrogen) atoms. The quantitative estimate of drug-likeness (QED) is 0.808. The third-order valence-electron chi connectivity index (χ3n) is 3.34. The van der Waals surface area contributed by atoms with Gasteiger partial charge in [-0.15, -0.1) is 0 Å². The topological polar surface area (TPSA) is 90.5 Å². The highest BCUT2D eigenvalue weighted by Crippen LogP contribution is 2.31. The van der Waals surface area contributed by atoms with Gasteiger partial charge in [0.2, 0.25) is 0 Å². The van der Waals surface area contributed by atoms with E-state index in [0.29, 0.717) is 18.7 Å². The van der Waals surface area contributed by atoms with Gasteiger partial charge in [0.25, 0.3) is 10.0 Å². The highest BCUT2D eigenvalue weighted by atomic mass is 32.2. The fourth-order valence-corrected chi connectivity index (χ4v) is 5.28. The summed E-state index contributed by atoms with van der Waals surface area (Å²) in [7, 11) is -3.63. The number of hydrogen-bond donors (Lipinski definition) is 2. The highest BCUT2D eigenvalue weighted by molar-refractivity contribution is 7.91. The Labute approximate surface area is 116 Å². The van der Waals surface area contributed by atoms with Crippen LogP contribution in [-0.4, -0.2) is 42.0 Å². The number of thiazole rings is 1. The number of sulfonamides is 1. The molecule has 0 radical (unpaired) electrons. The molecule has 2 N–H and O–H groups in total. The summed E-state index contributed by atoms with van der Waals surface area (Å²) in [5.74, 6) is 0. The minimum Gasteiger partial charge on any atom is -0.396 e. The molecule has 1 aliphatic rings. The van der Waals surface area contributed by atoms with E-state index >= 15 is 0 Å². The van der Waals surface area contributed by atoms with Gasteiger partial charge < -0.3 is 10.1 Å². The summed E-state index contributed by atoms with van der Waals surface area (Å²) in [5.41, 5.74) is 0.392. The van der Waals surface area contributed by atoms with Gasteiger partial charge in [-0.1, -0.05) is 17.8 Å². The number of rotatable bonds is 6. The molecule has 1 aromatic rings. The summed E-state index contributed by atoms with van der Waals surface area (Å²) >= 11 is 0.732. The standard InChI is InChI=1S/C11H18N2O4S2/c1-8-10(18-11(15)12-8)19(16,17)13(6-3-7-14)9-4-2-5-9/h9,14H,2-7H2,1H3,(H,12,15). The molecule has 108 valence electrons. The molecule has 0 aliphatic heterocycles. The minimum atomic E-state index is -3.63. The van der Waals surface area contributed by atoms with E-state index in [1.165, 1.54) is 4.31 Å². The fraction of sp³-hybridized carbons (Fsp3) is 0.727. The molecule has 1 aromatic heterocycles. The van der Waals surface area contributed by atoms with Gasteiger partial charge in [-0.25, -0.2) is 8.42 Å². The Balaban J connectivity index is 2.33.